The smallest absolute Gasteiger partial charge is 0.274 e. The highest BCUT2D eigenvalue weighted by atomic mass is 35.5. The molecule has 1 aliphatic rings. The zero-order chi connectivity index (χ0) is 33.0. The molecule has 1 aliphatic heterocycles. The van der Waals surface area contributed by atoms with Crippen molar-refractivity contribution in [2.45, 2.75) is 103 Å². The lowest BCUT2D eigenvalue weighted by Gasteiger charge is -2.15. The van der Waals surface area contributed by atoms with Crippen LogP contribution >= 0.6 is 11.6 Å². The lowest BCUT2D eigenvalue weighted by atomic mass is 10.1. The first-order valence-electron chi connectivity index (χ1n) is 17.0. The minimum Gasteiger partial charge on any atom is -0.326 e. The monoisotopic (exact) mass is 655 g/mol. The van der Waals surface area contributed by atoms with E-state index in [2.05, 4.69) is 28.0 Å². The first-order chi connectivity index (χ1) is 22.9. The van der Waals surface area contributed by atoms with E-state index in [4.69, 9.17) is 16.6 Å². The summed E-state index contributed by atoms with van der Waals surface area (Å²) in [5.41, 5.74) is 7.65. The van der Waals surface area contributed by atoms with Crippen molar-refractivity contribution in [3.8, 4) is 0 Å². The molecule has 1 fully saturated rings. The number of fused-ring (bicyclic) bond motifs is 1. The third-order valence-electron chi connectivity index (χ3n) is 8.54. The molecule has 1 saturated heterocycles. The number of aliphatic imine (C=N–C) groups is 1. The van der Waals surface area contributed by atoms with Crippen molar-refractivity contribution in [2.24, 2.45) is 4.99 Å². The van der Waals surface area contributed by atoms with Crippen LogP contribution in [0.25, 0.3) is 11.0 Å². The number of nitrogens with one attached hydrogen (secondary N) is 2. The van der Waals surface area contributed by atoms with Crippen molar-refractivity contribution in [3.63, 3.8) is 0 Å². The van der Waals surface area contributed by atoms with Crippen LogP contribution < -0.4 is 10.7 Å². The highest BCUT2D eigenvalue weighted by Gasteiger charge is 2.40. The Bertz CT molecular complexity index is 1670. The Morgan fingerprint density at radius 1 is 0.915 bits per heavy atom. The van der Waals surface area contributed by atoms with E-state index in [0.29, 0.717) is 40.7 Å². The Kier molecular flexibility index (Phi) is 12.4. The van der Waals surface area contributed by atoms with Gasteiger partial charge in [-0.1, -0.05) is 124 Å². The highest BCUT2D eigenvalue weighted by molar-refractivity contribution is 6.33. The van der Waals surface area contributed by atoms with Crippen LogP contribution in [0.4, 0.5) is 11.4 Å². The number of anilines is 1. The van der Waals surface area contributed by atoms with Crippen LogP contribution in [-0.2, 0) is 16.1 Å². The predicted octanol–water partition coefficient (Wildman–Crippen LogP) is 8.85. The quantitative estimate of drug-likeness (QED) is 0.111. The van der Waals surface area contributed by atoms with Gasteiger partial charge in [0, 0.05) is 12.1 Å². The summed E-state index contributed by atoms with van der Waals surface area (Å²) >= 11 is 6.61. The maximum Gasteiger partial charge on any atom is 0.274 e. The van der Waals surface area contributed by atoms with Gasteiger partial charge in [0.05, 0.1) is 22.8 Å². The van der Waals surface area contributed by atoms with Gasteiger partial charge in [0.1, 0.15) is 5.52 Å². The summed E-state index contributed by atoms with van der Waals surface area (Å²) in [7, 11) is 0. The van der Waals surface area contributed by atoms with Crippen molar-refractivity contribution in [2.75, 3.05) is 5.32 Å². The Morgan fingerprint density at radius 3 is 2.34 bits per heavy atom. The van der Waals surface area contributed by atoms with Gasteiger partial charge in [0.2, 0.25) is 5.91 Å². The first kappa shape index (κ1) is 34.1. The van der Waals surface area contributed by atoms with Gasteiger partial charge in [-0.2, -0.15) is 0 Å². The van der Waals surface area contributed by atoms with Crippen LogP contribution in [0, 0.1) is 6.92 Å². The Balaban J connectivity index is 1.24. The molecule has 1 unspecified atom stereocenters. The fourth-order valence-electron chi connectivity index (χ4n) is 5.93. The fourth-order valence-corrected chi connectivity index (χ4v) is 6.08. The number of unbranched alkanes of at least 4 members (excludes halogenated alkanes) is 10. The molecule has 10 heteroatoms. The van der Waals surface area contributed by atoms with Crippen LogP contribution in [-0.4, -0.2) is 37.7 Å². The van der Waals surface area contributed by atoms with E-state index >= 15 is 0 Å². The lowest BCUT2D eigenvalue weighted by molar-refractivity contribution is -0.132. The second-order valence-electron chi connectivity index (χ2n) is 12.4. The van der Waals surface area contributed by atoms with Crippen molar-refractivity contribution in [1.29, 1.82) is 0 Å². The molecule has 1 atom stereocenters. The van der Waals surface area contributed by atoms with Crippen LogP contribution in [0.5, 0.6) is 0 Å². The van der Waals surface area contributed by atoms with Gasteiger partial charge < -0.3 is 5.32 Å². The molecular formula is C37H46ClN7O2. The van der Waals surface area contributed by atoms with E-state index in [-0.39, 0.29) is 11.8 Å². The largest absolute Gasteiger partial charge is 0.326 e. The standard InChI is InChI=1S/C37H46ClN7O2/c1-3-4-5-6-7-8-9-10-11-12-16-19-34(46)39-29-21-22-30(38)32(25-29)40-36-35(45-33-24-27(2)20-23-31(33)41-43-45)37(47)44(42-36)26-28-17-14-13-15-18-28/h13-15,17-18,20-25,35H,3-12,16,19,26H2,1-2H3,(H,39,46)(H,40,42). The van der Waals surface area contributed by atoms with Gasteiger partial charge in [-0.3, -0.25) is 15.0 Å². The van der Waals surface area contributed by atoms with Gasteiger partial charge >= 0.3 is 0 Å². The number of hydrazine groups is 1. The summed E-state index contributed by atoms with van der Waals surface area (Å²) in [6, 6.07) is 19.9. The van der Waals surface area contributed by atoms with Crippen molar-refractivity contribution < 1.29 is 9.59 Å². The number of rotatable bonds is 17. The van der Waals surface area contributed by atoms with E-state index in [1.165, 1.54) is 62.8 Å². The predicted molar refractivity (Wildman–Crippen MR) is 190 cm³/mol. The summed E-state index contributed by atoms with van der Waals surface area (Å²) in [4.78, 5) is 31.5. The minimum atomic E-state index is -0.874. The molecule has 4 aromatic rings. The van der Waals surface area contributed by atoms with E-state index < -0.39 is 6.04 Å². The SMILES string of the molecule is CCCCCCCCCCCCCC(=O)Nc1ccc(Cl)c(N=C2NN(Cc3ccccc3)C(=O)C2n2nnc3ccc(C)cc32)c1. The molecule has 5 rings (SSSR count). The molecule has 0 radical (unpaired) electrons. The molecule has 0 aliphatic carbocycles. The molecule has 2 amide bonds. The first-order valence-corrected chi connectivity index (χ1v) is 17.4. The number of nitrogens with zero attached hydrogens (tertiary/aromatic N) is 5. The summed E-state index contributed by atoms with van der Waals surface area (Å²) < 4.78 is 1.61. The number of aromatic nitrogens is 3. The maximum absolute atomic E-state index is 13.9. The third-order valence-corrected chi connectivity index (χ3v) is 8.86. The molecule has 47 heavy (non-hydrogen) atoms. The number of amides is 2. The molecule has 2 N–H and O–H groups in total. The maximum atomic E-state index is 13.9. The van der Waals surface area contributed by atoms with Crippen LogP contribution in [0.2, 0.25) is 5.02 Å². The molecular weight excluding hydrogens is 610 g/mol. The second kappa shape index (κ2) is 17.1. The molecule has 3 aromatic carbocycles. The summed E-state index contributed by atoms with van der Waals surface area (Å²) in [6.45, 7) is 4.57. The van der Waals surface area contributed by atoms with Crippen LogP contribution in [0.1, 0.15) is 101 Å². The van der Waals surface area contributed by atoms with E-state index in [0.717, 1.165) is 29.5 Å². The Labute approximate surface area is 282 Å². The van der Waals surface area contributed by atoms with Crippen molar-refractivity contribution >= 4 is 51.7 Å². The number of benzene rings is 3. The lowest BCUT2D eigenvalue weighted by Crippen LogP contribution is -2.35. The van der Waals surface area contributed by atoms with Crippen molar-refractivity contribution in [3.05, 3.63) is 82.9 Å². The normalized spacial score (nSPS) is 15.5. The minimum absolute atomic E-state index is 0.0348. The fraction of sp³-hybridized carbons (Fsp3) is 0.432. The number of aryl methyl sites for hydroxylation is 1. The summed E-state index contributed by atoms with van der Waals surface area (Å²) in [6.07, 6.45) is 14.1. The average molecular weight is 656 g/mol. The highest BCUT2D eigenvalue weighted by Crippen LogP contribution is 2.32. The van der Waals surface area contributed by atoms with E-state index in [1.807, 2.05) is 55.5 Å². The summed E-state index contributed by atoms with van der Waals surface area (Å²) in [5, 5.41) is 13.6. The molecule has 2 heterocycles. The number of carbonyl (C=O) groups is 2. The zero-order valence-electron chi connectivity index (χ0n) is 27.6. The number of carbonyl (C=O) groups excluding carboxylic acids is 2. The van der Waals surface area contributed by atoms with Gasteiger partial charge in [-0.05, 0) is 54.8 Å². The topological polar surface area (TPSA) is 105 Å². The molecule has 1 aromatic heterocycles. The third kappa shape index (κ3) is 9.41. The molecule has 0 saturated carbocycles. The van der Waals surface area contributed by atoms with E-state index in [9.17, 15) is 9.59 Å². The number of hydrogen-bond acceptors (Lipinski definition) is 5. The molecule has 248 valence electrons. The van der Waals surface area contributed by atoms with Crippen LogP contribution in [0.3, 0.4) is 0 Å². The number of hydrogen-bond donors (Lipinski definition) is 2. The van der Waals surface area contributed by atoms with Gasteiger partial charge in [-0.25, -0.2) is 14.7 Å². The zero-order valence-corrected chi connectivity index (χ0v) is 28.3. The Morgan fingerprint density at radius 2 is 1.62 bits per heavy atom. The molecule has 0 bridgehead atoms. The number of amidine groups is 1. The van der Waals surface area contributed by atoms with Crippen molar-refractivity contribution in [1.82, 2.24) is 25.4 Å². The van der Waals surface area contributed by atoms with E-state index in [1.54, 1.807) is 22.9 Å². The van der Waals surface area contributed by atoms with Crippen LogP contribution in [0.15, 0.2) is 71.7 Å². The average Bonchev–Trinajstić information content (AvgIpc) is 3.60. The molecule has 0 spiro atoms. The Hall–Kier alpha value is -4.24. The molecule has 9 nitrogen and oxygen atoms in total. The van der Waals surface area contributed by atoms with Gasteiger partial charge in [0.15, 0.2) is 11.9 Å². The second-order valence-corrected chi connectivity index (χ2v) is 12.9. The van der Waals surface area contributed by atoms with Gasteiger partial charge in [0.25, 0.3) is 5.91 Å². The van der Waals surface area contributed by atoms with Gasteiger partial charge in [-0.15, -0.1) is 5.10 Å². The number of halogens is 1. The summed E-state index contributed by atoms with van der Waals surface area (Å²) in [5.74, 6) is 0.117.